The Bertz CT molecular complexity index is 1360. The molecule has 2 atom stereocenters. The van der Waals surface area contributed by atoms with Crippen LogP contribution in [0.4, 0.5) is 0 Å². The summed E-state index contributed by atoms with van der Waals surface area (Å²) in [6.07, 6.45) is 1.10. The zero-order valence-corrected chi connectivity index (χ0v) is 24.1. The average molecular weight is 584 g/mol. The van der Waals surface area contributed by atoms with Gasteiger partial charge in [0.05, 0.1) is 29.1 Å². The Kier molecular flexibility index (Phi) is 9.21. The van der Waals surface area contributed by atoms with Crippen molar-refractivity contribution in [3.05, 3.63) is 48.0 Å². The number of ether oxygens (including phenoxy) is 3. The lowest BCUT2D eigenvalue weighted by Crippen LogP contribution is -2.47. The minimum absolute atomic E-state index is 0.00751. The summed E-state index contributed by atoms with van der Waals surface area (Å²) in [5.74, 6) is 0.996. The molecule has 2 aromatic rings. The van der Waals surface area contributed by atoms with E-state index < -0.39 is 26.2 Å². The lowest BCUT2D eigenvalue weighted by molar-refractivity contribution is -0.0312. The smallest absolute Gasteiger partial charge is 0.243 e. The average Bonchev–Trinajstić information content (AvgIpc) is 3.33. The number of hydrogen-bond acceptors (Lipinski definition) is 9. The molecule has 2 fully saturated rings. The molecular weight excluding hydrogens is 546 g/mol. The molecule has 2 heterocycles. The molecule has 3 N–H and O–H groups in total. The number of methoxy groups -OCH3 is 1. The first kappa shape index (κ1) is 29.7. The van der Waals surface area contributed by atoms with E-state index in [0.29, 0.717) is 44.0 Å². The maximum Gasteiger partial charge on any atom is 0.243 e. The van der Waals surface area contributed by atoms with Gasteiger partial charge in [0.25, 0.3) is 0 Å². The van der Waals surface area contributed by atoms with Gasteiger partial charge in [-0.05, 0) is 69.1 Å². The third-order valence-electron chi connectivity index (χ3n) is 7.32. The van der Waals surface area contributed by atoms with E-state index in [-0.39, 0.29) is 34.6 Å². The van der Waals surface area contributed by atoms with Crippen molar-refractivity contribution < 1.29 is 36.2 Å². The number of aliphatic hydroxyl groups is 1. The van der Waals surface area contributed by atoms with Gasteiger partial charge in [0.2, 0.25) is 20.0 Å². The van der Waals surface area contributed by atoms with Crippen LogP contribution >= 0.6 is 0 Å². The van der Waals surface area contributed by atoms with Crippen LogP contribution in [0, 0.1) is 6.92 Å². The monoisotopic (exact) mass is 583 g/mol. The number of aryl methyl sites for hydroxylation is 1. The zero-order chi connectivity index (χ0) is 28.3. The molecule has 0 saturated carbocycles. The molecule has 0 aliphatic carbocycles. The van der Waals surface area contributed by atoms with Crippen LogP contribution in [0.1, 0.15) is 24.8 Å². The van der Waals surface area contributed by atoms with Crippen molar-refractivity contribution in [2.24, 2.45) is 0 Å². The van der Waals surface area contributed by atoms with Gasteiger partial charge in [0, 0.05) is 31.7 Å². The summed E-state index contributed by atoms with van der Waals surface area (Å²) < 4.78 is 71.1. The number of rotatable bonds is 11. The Labute approximate surface area is 230 Å². The molecule has 0 bridgehead atoms. The first-order valence-corrected chi connectivity index (χ1v) is 15.8. The summed E-state index contributed by atoms with van der Waals surface area (Å²) in [7, 11) is -4.30. The van der Waals surface area contributed by atoms with Crippen molar-refractivity contribution in [3.8, 4) is 11.5 Å². The SMILES string of the molecule is CNS(=O)(=O)c1cccc(OC[C@@H](O)CNC2COC3(CCN(S(=O)(=O)c4ccc(OC)c(C)c4)CC3)C2)c1. The molecule has 39 heavy (non-hydrogen) atoms. The minimum atomic E-state index is -3.61. The number of aliphatic hydroxyl groups excluding tert-OH is 1. The molecule has 13 heteroatoms. The van der Waals surface area contributed by atoms with Gasteiger partial charge in [0.15, 0.2) is 0 Å². The topological polar surface area (TPSA) is 144 Å². The first-order chi connectivity index (χ1) is 18.5. The van der Waals surface area contributed by atoms with Crippen LogP contribution in [0.15, 0.2) is 52.3 Å². The third-order valence-corrected chi connectivity index (χ3v) is 10.6. The highest BCUT2D eigenvalue weighted by Crippen LogP contribution is 2.37. The Balaban J connectivity index is 1.24. The molecular formula is C26H37N3O8S2. The number of nitrogens with one attached hydrogen (secondary N) is 2. The number of nitrogens with zero attached hydrogens (tertiary/aromatic N) is 1. The van der Waals surface area contributed by atoms with Crippen LogP contribution in [-0.2, 0) is 24.8 Å². The van der Waals surface area contributed by atoms with Gasteiger partial charge in [0.1, 0.15) is 24.2 Å². The Morgan fingerprint density at radius 3 is 2.54 bits per heavy atom. The quantitative estimate of drug-likeness (QED) is 0.356. The predicted octanol–water partition coefficient (Wildman–Crippen LogP) is 1.25. The highest BCUT2D eigenvalue weighted by atomic mass is 32.2. The van der Waals surface area contributed by atoms with Crippen molar-refractivity contribution in [1.29, 1.82) is 0 Å². The van der Waals surface area contributed by atoms with E-state index in [1.807, 2.05) is 6.92 Å². The molecule has 2 saturated heterocycles. The van der Waals surface area contributed by atoms with Crippen LogP contribution in [0.3, 0.4) is 0 Å². The Morgan fingerprint density at radius 1 is 1.13 bits per heavy atom. The van der Waals surface area contributed by atoms with E-state index in [9.17, 15) is 21.9 Å². The number of sulfonamides is 2. The van der Waals surface area contributed by atoms with Crippen molar-refractivity contribution in [2.45, 2.75) is 53.7 Å². The molecule has 216 valence electrons. The summed E-state index contributed by atoms with van der Waals surface area (Å²) in [5.41, 5.74) is 0.378. The Hall–Kier alpha value is -2.26. The fraction of sp³-hybridized carbons (Fsp3) is 0.538. The Morgan fingerprint density at radius 2 is 1.87 bits per heavy atom. The van der Waals surface area contributed by atoms with Gasteiger partial charge in [-0.25, -0.2) is 21.6 Å². The summed E-state index contributed by atoms with van der Waals surface area (Å²) in [5, 5.41) is 13.7. The second-order valence-electron chi connectivity index (χ2n) is 9.99. The first-order valence-electron chi connectivity index (χ1n) is 12.8. The molecule has 11 nitrogen and oxygen atoms in total. The highest BCUT2D eigenvalue weighted by molar-refractivity contribution is 7.89. The predicted molar refractivity (Wildman–Crippen MR) is 145 cm³/mol. The van der Waals surface area contributed by atoms with E-state index in [2.05, 4.69) is 10.0 Å². The molecule has 2 aliphatic rings. The molecule has 1 spiro atoms. The van der Waals surface area contributed by atoms with Gasteiger partial charge >= 0.3 is 0 Å². The van der Waals surface area contributed by atoms with Crippen molar-refractivity contribution in [3.63, 3.8) is 0 Å². The van der Waals surface area contributed by atoms with Gasteiger partial charge in [-0.2, -0.15) is 4.31 Å². The third kappa shape index (κ3) is 6.91. The van der Waals surface area contributed by atoms with Crippen LogP contribution < -0.4 is 19.5 Å². The summed E-state index contributed by atoms with van der Waals surface area (Å²) in [4.78, 5) is 0.344. The van der Waals surface area contributed by atoms with Crippen molar-refractivity contribution in [1.82, 2.24) is 14.3 Å². The second-order valence-corrected chi connectivity index (χ2v) is 13.8. The van der Waals surface area contributed by atoms with E-state index in [0.717, 1.165) is 12.0 Å². The molecule has 2 aromatic carbocycles. The van der Waals surface area contributed by atoms with Crippen LogP contribution in [0.2, 0.25) is 0 Å². The van der Waals surface area contributed by atoms with Crippen LogP contribution in [0.5, 0.6) is 11.5 Å². The fourth-order valence-corrected chi connectivity index (χ4v) is 7.31. The van der Waals surface area contributed by atoms with E-state index in [1.165, 1.54) is 23.5 Å². The largest absolute Gasteiger partial charge is 0.496 e. The van der Waals surface area contributed by atoms with Crippen molar-refractivity contribution in [2.75, 3.05) is 47.0 Å². The van der Waals surface area contributed by atoms with E-state index >= 15 is 0 Å². The van der Waals surface area contributed by atoms with Gasteiger partial charge in [-0.1, -0.05) is 6.07 Å². The van der Waals surface area contributed by atoms with Gasteiger partial charge in [-0.15, -0.1) is 0 Å². The summed E-state index contributed by atoms with van der Waals surface area (Å²) >= 11 is 0. The van der Waals surface area contributed by atoms with E-state index in [1.54, 1.807) is 37.4 Å². The fourth-order valence-electron chi connectivity index (χ4n) is 5.02. The highest BCUT2D eigenvalue weighted by Gasteiger charge is 2.44. The summed E-state index contributed by atoms with van der Waals surface area (Å²) in [6, 6.07) is 11.0. The normalized spacial score (nSPS) is 20.7. The standard InChI is InChI=1S/C26H37N3O8S2/c1-19-13-24(7-8-25(19)35-3)39(33,34)29-11-9-26(10-12-29)15-20(17-37-26)28-16-21(30)18-36-22-5-4-6-23(14-22)38(31,32)27-2/h4-8,13-14,20-21,27-28,30H,9-12,15-18H2,1-3H3/t20?,21-/m0/s1. The number of piperidine rings is 1. The van der Waals surface area contributed by atoms with Gasteiger partial charge < -0.3 is 24.6 Å². The summed E-state index contributed by atoms with van der Waals surface area (Å²) in [6.45, 7) is 3.31. The molecule has 0 radical (unpaired) electrons. The van der Waals surface area contributed by atoms with Crippen LogP contribution in [-0.4, -0.2) is 91.0 Å². The molecule has 0 aromatic heterocycles. The lowest BCUT2D eigenvalue weighted by Gasteiger charge is -2.38. The minimum Gasteiger partial charge on any atom is -0.496 e. The second kappa shape index (κ2) is 12.1. The van der Waals surface area contributed by atoms with Crippen LogP contribution in [0.25, 0.3) is 0 Å². The molecule has 4 rings (SSSR count). The number of benzene rings is 2. The molecule has 0 amide bonds. The zero-order valence-electron chi connectivity index (χ0n) is 22.4. The maximum atomic E-state index is 13.2. The van der Waals surface area contributed by atoms with E-state index in [4.69, 9.17) is 14.2 Å². The lowest BCUT2D eigenvalue weighted by atomic mass is 9.88. The molecule has 2 aliphatic heterocycles. The van der Waals surface area contributed by atoms with Gasteiger partial charge in [-0.3, -0.25) is 0 Å². The molecule has 1 unspecified atom stereocenters. The maximum absolute atomic E-state index is 13.2. The van der Waals surface area contributed by atoms with Crippen molar-refractivity contribution >= 4 is 20.0 Å². The number of hydrogen-bond donors (Lipinski definition) is 3.